The first-order valence-electron chi connectivity index (χ1n) is 4.52. The van der Waals surface area contributed by atoms with Crippen LogP contribution in [0.4, 0.5) is 11.4 Å². The zero-order chi connectivity index (χ0) is 11.4. The highest BCUT2D eigenvalue weighted by Crippen LogP contribution is 2.13. The number of nitrogens with two attached hydrogens (primary N) is 1. The second-order valence-corrected chi connectivity index (χ2v) is 3.01. The van der Waals surface area contributed by atoms with Crippen LogP contribution in [0, 0.1) is 0 Å². The van der Waals surface area contributed by atoms with Crippen molar-refractivity contribution >= 4 is 17.3 Å². The number of hydrogen-bond acceptors (Lipinski definition) is 5. The number of anilines is 2. The molecule has 2 heterocycles. The van der Waals surface area contributed by atoms with Crippen molar-refractivity contribution in [2.24, 2.45) is 5.84 Å². The van der Waals surface area contributed by atoms with Crippen LogP contribution in [0.5, 0.6) is 0 Å². The zero-order valence-electron chi connectivity index (χ0n) is 8.27. The standard InChI is InChI=1S/C9H10N6O/c10-15-8-5-11-2-1-7(8)9(16)14-6-3-12-13-4-6/h1-5,15H,10H2,(H,12,13)(H,14,16). The average molecular weight is 218 g/mol. The summed E-state index contributed by atoms with van der Waals surface area (Å²) in [4.78, 5) is 15.7. The number of aromatic amines is 1. The molecule has 1 amide bonds. The van der Waals surface area contributed by atoms with Gasteiger partial charge in [0.25, 0.3) is 5.91 Å². The largest absolute Gasteiger partial charge is 0.322 e. The van der Waals surface area contributed by atoms with E-state index >= 15 is 0 Å². The molecule has 0 aliphatic heterocycles. The van der Waals surface area contributed by atoms with Gasteiger partial charge in [-0.3, -0.25) is 20.7 Å². The maximum atomic E-state index is 11.8. The number of pyridine rings is 1. The number of aromatic nitrogens is 3. The van der Waals surface area contributed by atoms with Crippen LogP contribution in [0.25, 0.3) is 0 Å². The van der Waals surface area contributed by atoms with Gasteiger partial charge in [0.1, 0.15) is 0 Å². The van der Waals surface area contributed by atoms with Crippen LogP contribution in [0.15, 0.2) is 30.9 Å². The Morgan fingerprint density at radius 3 is 3.00 bits per heavy atom. The Labute approximate surface area is 91.0 Å². The summed E-state index contributed by atoms with van der Waals surface area (Å²) in [5.41, 5.74) is 3.87. The molecule has 0 atom stereocenters. The summed E-state index contributed by atoms with van der Waals surface area (Å²) in [6.07, 6.45) is 6.08. The molecule has 0 saturated heterocycles. The topological polar surface area (TPSA) is 109 Å². The fourth-order valence-electron chi connectivity index (χ4n) is 1.23. The third-order valence-corrected chi connectivity index (χ3v) is 1.98. The summed E-state index contributed by atoms with van der Waals surface area (Å²) >= 11 is 0. The molecule has 0 radical (unpaired) electrons. The van der Waals surface area contributed by atoms with Crippen LogP contribution in [-0.4, -0.2) is 21.1 Å². The number of nitrogens with zero attached hydrogens (tertiary/aromatic N) is 2. The van der Waals surface area contributed by atoms with Crippen molar-refractivity contribution < 1.29 is 4.79 Å². The van der Waals surface area contributed by atoms with Gasteiger partial charge in [0.05, 0.1) is 29.3 Å². The Hall–Kier alpha value is -2.41. The van der Waals surface area contributed by atoms with E-state index in [0.29, 0.717) is 16.9 Å². The third kappa shape index (κ3) is 1.98. The first kappa shape index (κ1) is 10.1. The van der Waals surface area contributed by atoms with Crippen LogP contribution < -0.4 is 16.6 Å². The van der Waals surface area contributed by atoms with Crippen molar-refractivity contribution in [3.05, 3.63) is 36.4 Å². The Bertz CT molecular complexity index is 481. The van der Waals surface area contributed by atoms with E-state index in [1.54, 1.807) is 12.3 Å². The molecule has 7 nitrogen and oxygen atoms in total. The highest BCUT2D eigenvalue weighted by atomic mass is 16.1. The molecule has 0 spiro atoms. The lowest BCUT2D eigenvalue weighted by Crippen LogP contribution is -2.17. The molecule has 2 aromatic heterocycles. The van der Waals surface area contributed by atoms with Crippen molar-refractivity contribution in [3.63, 3.8) is 0 Å². The molecule has 2 aromatic rings. The summed E-state index contributed by atoms with van der Waals surface area (Å²) in [5, 5.41) is 8.97. The zero-order valence-corrected chi connectivity index (χ0v) is 8.27. The number of nitrogens with one attached hydrogen (secondary N) is 3. The van der Waals surface area contributed by atoms with Gasteiger partial charge >= 0.3 is 0 Å². The number of rotatable bonds is 3. The van der Waals surface area contributed by atoms with Crippen LogP contribution in [0.1, 0.15) is 10.4 Å². The molecule has 7 heteroatoms. The summed E-state index contributed by atoms with van der Waals surface area (Å²) in [7, 11) is 0. The number of hydrogen-bond donors (Lipinski definition) is 4. The van der Waals surface area contributed by atoms with Crippen molar-refractivity contribution in [2.45, 2.75) is 0 Å². The lowest BCUT2D eigenvalue weighted by molar-refractivity contribution is 0.102. The van der Waals surface area contributed by atoms with Gasteiger partial charge in [-0.25, -0.2) is 0 Å². The van der Waals surface area contributed by atoms with E-state index < -0.39 is 0 Å². The van der Waals surface area contributed by atoms with Crippen LogP contribution in [0.2, 0.25) is 0 Å². The molecule has 0 aliphatic carbocycles. The minimum Gasteiger partial charge on any atom is -0.322 e. The van der Waals surface area contributed by atoms with Gasteiger partial charge in [0.2, 0.25) is 0 Å². The number of H-pyrrole nitrogens is 1. The number of carbonyl (C=O) groups excluding carboxylic acids is 1. The maximum Gasteiger partial charge on any atom is 0.258 e. The van der Waals surface area contributed by atoms with Crippen LogP contribution in [0.3, 0.4) is 0 Å². The predicted molar refractivity (Wildman–Crippen MR) is 58.6 cm³/mol. The highest BCUT2D eigenvalue weighted by molar-refractivity contribution is 6.07. The lowest BCUT2D eigenvalue weighted by atomic mass is 10.2. The normalized spacial score (nSPS) is 9.81. The Morgan fingerprint density at radius 2 is 2.31 bits per heavy atom. The first-order chi connectivity index (χ1) is 7.81. The number of hydrazine groups is 1. The van der Waals surface area contributed by atoms with Gasteiger partial charge in [0.15, 0.2) is 0 Å². The summed E-state index contributed by atoms with van der Waals surface area (Å²) in [5.74, 6) is 4.99. The van der Waals surface area contributed by atoms with E-state index in [-0.39, 0.29) is 5.91 Å². The number of amides is 1. The quantitative estimate of drug-likeness (QED) is 0.439. The van der Waals surface area contributed by atoms with E-state index in [2.05, 4.69) is 25.9 Å². The van der Waals surface area contributed by atoms with Crippen LogP contribution in [-0.2, 0) is 0 Å². The Morgan fingerprint density at radius 1 is 1.44 bits per heavy atom. The predicted octanol–water partition coefficient (Wildman–Crippen LogP) is 0.343. The second kappa shape index (κ2) is 4.41. The molecule has 0 fully saturated rings. The first-order valence-corrected chi connectivity index (χ1v) is 4.52. The molecule has 0 aliphatic rings. The van der Waals surface area contributed by atoms with Crippen molar-refractivity contribution in [3.8, 4) is 0 Å². The maximum absolute atomic E-state index is 11.8. The van der Waals surface area contributed by atoms with E-state index in [4.69, 9.17) is 5.84 Å². The summed E-state index contributed by atoms with van der Waals surface area (Å²) < 4.78 is 0. The smallest absolute Gasteiger partial charge is 0.258 e. The van der Waals surface area contributed by atoms with Gasteiger partial charge in [-0.05, 0) is 6.07 Å². The molecule has 16 heavy (non-hydrogen) atoms. The van der Waals surface area contributed by atoms with Gasteiger partial charge in [0, 0.05) is 12.4 Å². The molecule has 82 valence electrons. The van der Waals surface area contributed by atoms with Gasteiger partial charge in [-0.1, -0.05) is 0 Å². The fourth-order valence-corrected chi connectivity index (χ4v) is 1.23. The molecular formula is C9H10N6O. The number of carbonyl (C=O) groups is 1. The van der Waals surface area contributed by atoms with E-state index in [1.165, 1.54) is 18.6 Å². The molecule has 0 unspecified atom stereocenters. The van der Waals surface area contributed by atoms with Crippen LogP contribution >= 0.6 is 0 Å². The lowest BCUT2D eigenvalue weighted by Gasteiger charge is -2.07. The van der Waals surface area contributed by atoms with Gasteiger partial charge in [-0.15, -0.1) is 0 Å². The van der Waals surface area contributed by atoms with Crippen molar-refractivity contribution in [1.82, 2.24) is 15.2 Å². The molecule has 0 aromatic carbocycles. The molecule has 2 rings (SSSR count). The minimum atomic E-state index is -0.281. The Kier molecular flexibility index (Phi) is 2.79. The third-order valence-electron chi connectivity index (χ3n) is 1.98. The SMILES string of the molecule is NNc1cnccc1C(=O)Nc1cn[nH]c1. The highest BCUT2D eigenvalue weighted by Gasteiger charge is 2.10. The van der Waals surface area contributed by atoms with E-state index in [9.17, 15) is 4.79 Å². The second-order valence-electron chi connectivity index (χ2n) is 3.01. The molecule has 0 saturated carbocycles. The Balaban J connectivity index is 2.21. The minimum absolute atomic E-state index is 0.281. The monoisotopic (exact) mass is 218 g/mol. The van der Waals surface area contributed by atoms with E-state index in [0.717, 1.165) is 0 Å². The van der Waals surface area contributed by atoms with E-state index in [1.807, 2.05) is 0 Å². The summed E-state index contributed by atoms with van der Waals surface area (Å²) in [6.45, 7) is 0. The molecule has 5 N–H and O–H groups in total. The average Bonchev–Trinajstić information content (AvgIpc) is 2.81. The van der Waals surface area contributed by atoms with Gasteiger partial charge < -0.3 is 10.7 Å². The van der Waals surface area contributed by atoms with Crippen molar-refractivity contribution in [2.75, 3.05) is 10.7 Å². The van der Waals surface area contributed by atoms with Crippen molar-refractivity contribution in [1.29, 1.82) is 0 Å². The summed E-state index contributed by atoms with van der Waals surface area (Å²) in [6, 6.07) is 1.57. The fraction of sp³-hybridized carbons (Fsp3) is 0. The molecular weight excluding hydrogens is 208 g/mol. The van der Waals surface area contributed by atoms with Gasteiger partial charge in [-0.2, -0.15) is 5.10 Å². The number of nitrogen functional groups attached to an aromatic ring is 1. The molecule has 0 bridgehead atoms.